The largest absolute Gasteiger partial charge is 0.450 e. The molecule has 1 saturated heterocycles. The monoisotopic (exact) mass is 292 g/mol. The zero-order valence-corrected chi connectivity index (χ0v) is 11.0. The summed E-state index contributed by atoms with van der Waals surface area (Å²) in [6, 6.07) is 0. The minimum absolute atomic E-state index is 0.139. The average molecular weight is 293 g/mol. The lowest BCUT2D eigenvalue weighted by atomic mass is 10.3. The number of hydrogen-bond acceptors (Lipinski definition) is 3. The van der Waals surface area contributed by atoms with Crippen molar-refractivity contribution in [1.29, 1.82) is 0 Å². The number of halogens is 1. The van der Waals surface area contributed by atoms with Gasteiger partial charge >= 0.3 is 6.09 Å². The van der Waals surface area contributed by atoms with Crippen LogP contribution in [0.3, 0.4) is 0 Å². The van der Waals surface area contributed by atoms with E-state index in [2.05, 4.69) is 15.9 Å². The fraction of sp³-hybridized carbons (Fsp3) is 0.800. The average Bonchev–Trinajstić information content (AvgIpc) is 2.30. The summed E-state index contributed by atoms with van der Waals surface area (Å²) in [5.41, 5.74) is 0. The van der Waals surface area contributed by atoms with Crippen molar-refractivity contribution in [2.45, 2.75) is 13.3 Å². The Hall–Kier alpha value is -0.780. The Labute approximate surface area is 104 Å². The highest BCUT2D eigenvalue weighted by atomic mass is 79.9. The van der Waals surface area contributed by atoms with Crippen LogP contribution in [0.4, 0.5) is 4.79 Å². The molecule has 92 valence electrons. The van der Waals surface area contributed by atoms with Gasteiger partial charge in [-0.15, -0.1) is 0 Å². The van der Waals surface area contributed by atoms with Gasteiger partial charge in [0.15, 0.2) is 0 Å². The molecule has 1 heterocycles. The van der Waals surface area contributed by atoms with E-state index < -0.39 is 0 Å². The minimum Gasteiger partial charge on any atom is -0.450 e. The van der Waals surface area contributed by atoms with Gasteiger partial charge in [-0.3, -0.25) is 4.79 Å². The lowest BCUT2D eigenvalue weighted by Crippen LogP contribution is -2.50. The molecule has 0 aliphatic carbocycles. The number of hydrogen-bond donors (Lipinski definition) is 0. The Bertz CT molecular complexity index is 226. The summed E-state index contributed by atoms with van der Waals surface area (Å²) < 4.78 is 4.90. The topological polar surface area (TPSA) is 49.9 Å². The predicted molar refractivity (Wildman–Crippen MR) is 63.6 cm³/mol. The van der Waals surface area contributed by atoms with Gasteiger partial charge in [-0.1, -0.05) is 15.9 Å². The number of rotatable bonds is 3. The second kappa shape index (κ2) is 6.73. The SMILES string of the molecule is CCOC(=O)N1CCN(C(=O)CCBr)CC1. The molecular formula is C10H17BrN2O3. The molecule has 0 radical (unpaired) electrons. The highest BCUT2D eigenvalue weighted by molar-refractivity contribution is 9.09. The fourth-order valence-corrected chi connectivity index (χ4v) is 1.93. The maximum atomic E-state index is 11.6. The summed E-state index contributed by atoms with van der Waals surface area (Å²) in [6.07, 6.45) is 0.231. The quantitative estimate of drug-likeness (QED) is 0.731. The second-order valence-corrected chi connectivity index (χ2v) is 4.30. The Kier molecular flexibility index (Phi) is 5.59. The highest BCUT2D eigenvalue weighted by Gasteiger charge is 2.24. The number of amides is 2. The van der Waals surface area contributed by atoms with Gasteiger partial charge in [-0.2, -0.15) is 0 Å². The predicted octanol–water partition coefficient (Wildman–Crippen LogP) is 1.07. The lowest BCUT2D eigenvalue weighted by Gasteiger charge is -2.34. The van der Waals surface area contributed by atoms with Crippen molar-refractivity contribution in [3.63, 3.8) is 0 Å². The van der Waals surface area contributed by atoms with Crippen molar-refractivity contribution in [2.24, 2.45) is 0 Å². The van der Waals surface area contributed by atoms with E-state index in [0.717, 1.165) is 0 Å². The van der Waals surface area contributed by atoms with Crippen molar-refractivity contribution < 1.29 is 14.3 Å². The van der Waals surface area contributed by atoms with E-state index in [0.29, 0.717) is 44.5 Å². The molecule has 0 aromatic carbocycles. The molecule has 0 atom stereocenters. The van der Waals surface area contributed by atoms with E-state index in [1.165, 1.54) is 0 Å². The molecule has 1 rings (SSSR count). The molecular weight excluding hydrogens is 276 g/mol. The summed E-state index contributed by atoms with van der Waals surface area (Å²) >= 11 is 3.24. The van der Waals surface area contributed by atoms with Crippen LogP contribution in [-0.2, 0) is 9.53 Å². The molecule has 2 amide bonds. The van der Waals surface area contributed by atoms with Gasteiger partial charge in [0.2, 0.25) is 5.91 Å². The van der Waals surface area contributed by atoms with E-state index in [1.807, 2.05) is 0 Å². The van der Waals surface area contributed by atoms with Crippen LogP contribution in [-0.4, -0.2) is 59.9 Å². The third-order valence-corrected chi connectivity index (χ3v) is 2.86. The van der Waals surface area contributed by atoms with E-state index in [-0.39, 0.29) is 12.0 Å². The van der Waals surface area contributed by atoms with E-state index in [4.69, 9.17) is 4.74 Å². The summed E-state index contributed by atoms with van der Waals surface area (Å²) in [7, 11) is 0. The second-order valence-electron chi connectivity index (χ2n) is 3.51. The van der Waals surface area contributed by atoms with Gasteiger partial charge in [0, 0.05) is 37.9 Å². The Morgan fingerprint density at radius 3 is 2.25 bits per heavy atom. The smallest absolute Gasteiger partial charge is 0.409 e. The Morgan fingerprint density at radius 2 is 1.75 bits per heavy atom. The first-order valence-corrected chi connectivity index (χ1v) is 6.56. The first kappa shape index (κ1) is 13.3. The molecule has 0 N–H and O–H groups in total. The number of carbonyl (C=O) groups excluding carboxylic acids is 2. The van der Waals surface area contributed by atoms with Gasteiger partial charge in [-0.25, -0.2) is 4.79 Å². The van der Waals surface area contributed by atoms with Crippen LogP contribution in [0, 0.1) is 0 Å². The van der Waals surface area contributed by atoms with Crippen LogP contribution in [0.25, 0.3) is 0 Å². The molecule has 1 aliphatic rings. The molecule has 0 aromatic rings. The zero-order chi connectivity index (χ0) is 12.0. The van der Waals surface area contributed by atoms with Gasteiger partial charge in [0.05, 0.1) is 6.61 Å². The van der Waals surface area contributed by atoms with Gasteiger partial charge in [0.25, 0.3) is 0 Å². The van der Waals surface area contributed by atoms with Gasteiger partial charge in [-0.05, 0) is 6.92 Å². The van der Waals surface area contributed by atoms with Crippen LogP contribution in [0.15, 0.2) is 0 Å². The van der Waals surface area contributed by atoms with Crippen molar-refractivity contribution >= 4 is 27.9 Å². The number of piperazine rings is 1. The standard InChI is InChI=1S/C10H17BrN2O3/c1-2-16-10(15)13-7-5-12(6-8-13)9(14)3-4-11/h2-8H2,1H3. The van der Waals surface area contributed by atoms with Crippen molar-refractivity contribution in [1.82, 2.24) is 9.80 Å². The van der Waals surface area contributed by atoms with Crippen LogP contribution in [0.5, 0.6) is 0 Å². The lowest BCUT2D eigenvalue weighted by molar-refractivity contribution is -0.132. The first-order valence-electron chi connectivity index (χ1n) is 5.44. The van der Waals surface area contributed by atoms with Crippen molar-refractivity contribution in [3.8, 4) is 0 Å². The van der Waals surface area contributed by atoms with E-state index in [1.54, 1.807) is 16.7 Å². The molecule has 0 spiro atoms. The van der Waals surface area contributed by atoms with Crippen molar-refractivity contribution in [2.75, 3.05) is 38.1 Å². The van der Waals surface area contributed by atoms with Crippen molar-refractivity contribution in [3.05, 3.63) is 0 Å². The maximum absolute atomic E-state index is 11.6. The molecule has 1 aliphatic heterocycles. The number of carbonyl (C=O) groups is 2. The molecule has 16 heavy (non-hydrogen) atoms. The Balaban J connectivity index is 2.33. The molecule has 0 bridgehead atoms. The van der Waals surface area contributed by atoms with Crippen LogP contribution in [0.2, 0.25) is 0 Å². The van der Waals surface area contributed by atoms with Crippen LogP contribution >= 0.6 is 15.9 Å². The Morgan fingerprint density at radius 1 is 1.19 bits per heavy atom. The maximum Gasteiger partial charge on any atom is 0.409 e. The summed E-state index contributed by atoms with van der Waals surface area (Å²) in [5.74, 6) is 0.139. The zero-order valence-electron chi connectivity index (χ0n) is 9.45. The third kappa shape index (κ3) is 3.66. The third-order valence-electron chi connectivity index (χ3n) is 2.47. The molecule has 5 nitrogen and oxygen atoms in total. The minimum atomic E-state index is -0.282. The highest BCUT2D eigenvalue weighted by Crippen LogP contribution is 2.06. The number of ether oxygens (including phenoxy) is 1. The van der Waals surface area contributed by atoms with Crippen LogP contribution < -0.4 is 0 Å². The molecule has 0 saturated carbocycles. The normalized spacial score (nSPS) is 16.1. The van der Waals surface area contributed by atoms with E-state index in [9.17, 15) is 9.59 Å². The summed E-state index contributed by atoms with van der Waals surface area (Å²) in [5, 5.41) is 0.684. The fourth-order valence-electron chi connectivity index (χ4n) is 1.59. The van der Waals surface area contributed by atoms with Crippen LogP contribution in [0.1, 0.15) is 13.3 Å². The molecule has 0 aromatic heterocycles. The van der Waals surface area contributed by atoms with Gasteiger partial charge in [0.1, 0.15) is 0 Å². The van der Waals surface area contributed by atoms with Gasteiger partial charge < -0.3 is 14.5 Å². The first-order chi connectivity index (χ1) is 7.69. The molecule has 6 heteroatoms. The molecule has 0 unspecified atom stereocenters. The summed E-state index contributed by atoms with van der Waals surface area (Å²) in [6.45, 7) is 4.50. The number of nitrogens with zero attached hydrogens (tertiary/aromatic N) is 2. The summed E-state index contributed by atoms with van der Waals surface area (Å²) in [4.78, 5) is 26.4. The molecule has 1 fully saturated rings. The van der Waals surface area contributed by atoms with E-state index >= 15 is 0 Å². The number of alkyl halides is 1.